The van der Waals surface area contributed by atoms with Crippen molar-refractivity contribution in [1.29, 1.82) is 0 Å². The topological polar surface area (TPSA) is 36.5 Å². The van der Waals surface area contributed by atoms with E-state index in [4.69, 9.17) is 4.74 Å². The molecule has 0 aromatic rings. The van der Waals surface area contributed by atoms with Gasteiger partial charge in [0.15, 0.2) is 0 Å². The van der Waals surface area contributed by atoms with E-state index in [1.165, 1.54) is 19.5 Å². The summed E-state index contributed by atoms with van der Waals surface area (Å²) in [7, 11) is 1.74. The second kappa shape index (κ2) is 8.05. The molecule has 0 aromatic heterocycles. The first-order chi connectivity index (χ1) is 7.34. The molecule has 1 heterocycles. The van der Waals surface area contributed by atoms with Crippen LogP contribution < -0.4 is 10.6 Å². The van der Waals surface area contributed by atoms with Gasteiger partial charge in [-0.15, -0.1) is 0 Å². The molecule has 4 nitrogen and oxygen atoms in total. The highest BCUT2D eigenvalue weighted by atomic mass is 16.5. The number of nitrogens with zero attached hydrogens (tertiary/aromatic N) is 1. The van der Waals surface area contributed by atoms with Gasteiger partial charge in [-0.1, -0.05) is 0 Å². The Balaban J connectivity index is 1.99. The zero-order valence-electron chi connectivity index (χ0n) is 10.1. The Morgan fingerprint density at radius 1 is 1.33 bits per heavy atom. The van der Waals surface area contributed by atoms with Crippen molar-refractivity contribution in [3.05, 3.63) is 0 Å². The number of ether oxygens (including phenoxy) is 1. The molecule has 15 heavy (non-hydrogen) atoms. The van der Waals surface area contributed by atoms with E-state index < -0.39 is 0 Å². The quantitative estimate of drug-likeness (QED) is 0.582. The SMILES string of the molecule is COCCNCCC(C)N1CCNCC1. The molecular weight excluding hydrogens is 190 g/mol. The van der Waals surface area contributed by atoms with Crippen molar-refractivity contribution < 1.29 is 4.74 Å². The average Bonchev–Trinajstić information content (AvgIpc) is 2.30. The molecule has 90 valence electrons. The lowest BCUT2D eigenvalue weighted by atomic mass is 10.2. The van der Waals surface area contributed by atoms with E-state index in [-0.39, 0.29) is 0 Å². The van der Waals surface area contributed by atoms with Gasteiger partial charge in [-0.3, -0.25) is 4.90 Å². The number of nitrogens with one attached hydrogen (secondary N) is 2. The van der Waals surface area contributed by atoms with Crippen molar-refractivity contribution in [2.45, 2.75) is 19.4 Å². The number of methoxy groups -OCH3 is 1. The van der Waals surface area contributed by atoms with Crippen LogP contribution in [0.5, 0.6) is 0 Å². The van der Waals surface area contributed by atoms with Crippen LogP contribution in [0.1, 0.15) is 13.3 Å². The first-order valence-corrected chi connectivity index (χ1v) is 5.99. The van der Waals surface area contributed by atoms with Crippen LogP contribution in [-0.4, -0.2) is 63.9 Å². The van der Waals surface area contributed by atoms with Gasteiger partial charge in [0.2, 0.25) is 0 Å². The lowest BCUT2D eigenvalue weighted by molar-refractivity contribution is 0.172. The number of hydrogen-bond acceptors (Lipinski definition) is 4. The molecule has 0 spiro atoms. The minimum absolute atomic E-state index is 0.696. The summed E-state index contributed by atoms with van der Waals surface area (Å²) in [6.45, 7) is 9.85. The molecule has 1 fully saturated rings. The van der Waals surface area contributed by atoms with E-state index in [0.717, 1.165) is 32.8 Å². The fourth-order valence-electron chi connectivity index (χ4n) is 1.92. The number of piperazine rings is 1. The van der Waals surface area contributed by atoms with Crippen LogP contribution >= 0.6 is 0 Å². The monoisotopic (exact) mass is 215 g/mol. The first kappa shape index (κ1) is 12.9. The van der Waals surface area contributed by atoms with Crippen LogP contribution in [0, 0.1) is 0 Å². The number of rotatable bonds is 7. The third-order valence-electron chi connectivity index (χ3n) is 3.00. The Morgan fingerprint density at radius 3 is 2.73 bits per heavy atom. The smallest absolute Gasteiger partial charge is 0.0587 e. The first-order valence-electron chi connectivity index (χ1n) is 5.99. The summed E-state index contributed by atoms with van der Waals surface area (Å²) in [4.78, 5) is 2.56. The van der Waals surface area contributed by atoms with Crippen molar-refractivity contribution in [2.75, 3.05) is 53.0 Å². The molecule has 4 heteroatoms. The molecule has 1 atom stereocenters. The lowest BCUT2D eigenvalue weighted by Crippen LogP contribution is -2.48. The minimum Gasteiger partial charge on any atom is -0.383 e. The molecule has 0 bridgehead atoms. The Labute approximate surface area is 93.4 Å². The van der Waals surface area contributed by atoms with Gasteiger partial charge in [0.05, 0.1) is 6.61 Å². The molecule has 0 aliphatic carbocycles. The van der Waals surface area contributed by atoms with Gasteiger partial charge in [0.25, 0.3) is 0 Å². The molecular formula is C11H25N3O. The second-order valence-corrected chi connectivity index (χ2v) is 4.17. The van der Waals surface area contributed by atoms with Crippen molar-refractivity contribution in [3.63, 3.8) is 0 Å². The summed E-state index contributed by atoms with van der Waals surface area (Å²) >= 11 is 0. The van der Waals surface area contributed by atoms with E-state index in [1.807, 2.05) is 0 Å². The Morgan fingerprint density at radius 2 is 2.07 bits per heavy atom. The van der Waals surface area contributed by atoms with Crippen LogP contribution in [0.2, 0.25) is 0 Å². The van der Waals surface area contributed by atoms with Crippen LogP contribution in [-0.2, 0) is 4.74 Å². The molecule has 1 saturated heterocycles. The standard InChI is InChI=1S/C11H25N3O/c1-11(3-4-12-7-10-15-2)14-8-5-13-6-9-14/h11-13H,3-10H2,1-2H3. The summed E-state index contributed by atoms with van der Waals surface area (Å²) in [5.74, 6) is 0. The molecule has 0 aromatic carbocycles. The van der Waals surface area contributed by atoms with Crippen molar-refractivity contribution >= 4 is 0 Å². The van der Waals surface area contributed by atoms with Crippen molar-refractivity contribution in [1.82, 2.24) is 15.5 Å². The highest BCUT2D eigenvalue weighted by Gasteiger charge is 2.15. The predicted octanol–water partition coefficient (Wildman–Crippen LogP) is -0.0938. The van der Waals surface area contributed by atoms with Gasteiger partial charge in [-0.2, -0.15) is 0 Å². The van der Waals surface area contributed by atoms with Crippen LogP contribution in [0.4, 0.5) is 0 Å². The van der Waals surface area contributed by atoms with Crippen LogP contribution in [0.3, 0.4) is 0 Å². The van der Waals surface area contributed by atoms with Gasteiger partial charge in [0.1, 0.15) is 0 Å². The zero-order valence-corrected chi connectivity index (χ0v) is 10.1. The highest BCUT2D eigenvalue weighted by molar-refractivity contribution is 4.73. The Hall–Kier alpha value is -0.160. The Kier molecular flexibility index (Phi) is 6.92. The third-order valence-corrected chi connectivity index (χ3v) is 3.00. The summed E-state index contributed by atoms with van der Waals surface area (Å²) < 4.78 is 4.98. The summed E-state index contributed by atoms with van der Waals surface area (Å²) in [5.41, 5.74) is 0. The van der Waals surface area contributed by atoms with E-state index in [0.29, 0.717) is 6.04 Å². The fraction of sp³-hybridized carbons (Fsp3) is 1.00. The van der Waals surface area contributed by atoms with Crippen molar-refractivity contribution in [3.8, 4) is 0 Å². The molecule has 0 saturated carbocycles. The molecule has 1 aliphatic heterocycles. The molecule has 1 rings (SSSR count). The largest absolute Gasteiger partial charge is 0.383 e. The van der Waals surface area contributed by atoms with Gasteiger partial charge < -0.3 is 15.4 Å². The average molecular weight is 215 g/mol. The lowest BCUT2D eigenvalue weighted by Gasteiger charge is -2.32. The fourth-order valence-corrected chi connectivity index (χ4v) is 1.92. The third kappa shape index (κ3) is 5.47. The molecule has 2 N–H and O–H groups in total. The molecule has 1 unspecified atom stereocenters. The van der Waals surface area contributed by atoms with Crippen molar-refractivity contribution in [2.24, 2.45) is 0 Å². The van der Waals surface area contributed by atoms with Gasteiger partial charge in [-0.25, -0.2) is 0 Å². The minimum atomic E-state index is 0.696. The maximum Gasteiger partial charge on any atom is 0.0587 e. The molecule has 0 radical (unpaired) electrons. The second-order valence-electron chi connectivity index (χ2n) is 4.17. The predicted molar refractivity (Wildman–Crippen MR) is 63.3 cm³/mol. The highest BCUT2D eigenvalue weighted by Crippen LogP contribution is 2.03. The zero-order chi connectivity index (χ0) is 10.9. The maximum atomic E-state index is 4.98. The molecule has 1 aliphatic rings. The summed E-state index contributed by atoms with van der Waals surface area (Å²) in [6.07, 6.45) is 1.23. The van der Waals surface area contributed by atoms with Crippen LogP contribution in [0.25, 0.3) is 0 Å². The summed E-state index contributed by atoms with van der Waals surface area (Å²) in [6, 6.07) is 0.696. The normalized spacial score (nSPS) is 20.4. The maximum absolute atomic E-state index is 4.98. The number of hydrogen-bond donors (Lipinski definition) is 2. The van der Waals surface area contributed by atoms with Gasteiger partial charge >= 0.3 is 0 Å². The van der Waals surface area contributed by atoms with E-state index in [9.17, 15) is 0 Å². The van der Waals surface area contributed by atoms with E-state index in [1.54, 1.807) is 7.11 Å². The Bertz CT molecular complexity index is 149. The van der Waals surface area contributed by atoms with E-state index in [2.05, 4.69) is 22.5 Å². The van der Waals surface area contributed by atoms with Gasteiger partial charge in [0, 0.05) is 45.9 Å². The molecule has 0 amide bonds. The van der Waals surface area contributed by atoms with Crippen LogP contribution in [0.15, 0.2) is 0 Å². The van der Waals surface area contributed by atoms with E-state index >= 15 is 0 Å². The summed E-state index contributed by atoms with van der Waals surface area (Å²) in [5, 5.41) is 6.77. The van der Waals surface area contributed by atoms with Gasteiger partial charge in [-0.05, 0) is 19.9 Å².